The molecule has 6 heteroatoms. The largest absolute Gasteiger partial charge is 0.459 e. The van der Waals surface area contributed by atoms with Gasteiger partial charge in [0.05, 0.1) is 16.6 Å². The molecular weight excluding hydrogens is 300 g/mol. The number of ether oxygens (including phenoxy) is 1. The Labute approximate surface area is 124 Å². The molecule has 0 amide bonds. The lowest BCUT2D eigenvalue weighted by molar-refractivity contribution is 0.0322. The summed E-state index contributed by atoms with van der Waals surface area (Å²) in [6.07, 6.45) is 2.08. The molecule has 1 unspecified atom stereocenters. The molecule has 0 saturated heterocycles. The van der Waals surface area contributed by atoms with E-state index in [2.05, 4.69) is 0 Å². The molecule has 20 heavy (non-hydrogen) atoms. The van der Waals surface area contributed by atoms with Gasteiger partial charge in [0.15, 0.2) is 0 Å². The van der Waals surface area contributed by atoms with Crippen molar-refractivity contribution in [3.63, 3.8) is 0 Å². The summed E-state index contributed by atoms with van der Waals surface area (Å²) in [5.74, 6) is -0.509. The molecule has 0 heterocycles. The average Bonchev–Trinajstić information content (AvgIpc) is 2.37. The van der Waals surface area contributed by atoms with Crippen LogP contribution in [-0.2, 0) is 20.2 Å². The van der Waals surface area contributed by atoms with Gasteiger partial charge in [-0.15, -0.1) is 0 Å². The highest BCUT2D eigenvalue weighted by molar-refractivity contribution is 8.13. The number of hydrogen-bond acceptors (Lipinski definition) is 4. The molecule has 1 rings (SSSR count). The molecule has 0 aromatic heterocycles. The number of halogens is 1. The van der Waals surface area contributed by atoms with Crippen LogP contribution in [0.2, 0.25) is 0 Å². The molecule has 0 radical (unpaired) electrons. The van der Waals surface area contributed by atoms with Crippen molar-refractivity contribution in [1.29, 1.82) is 0 Å². The monoisotopic (exact) mass is 318 g/mol. The molecule has 4 nitrogen and oxygen atoms in total. The lowest BCUT2D eigenvalue weighted by Gasteiger charge is -2.14. The Kier molecular flexibility index (Phi) is 6.02. The fraction of sp³-hybridized carbons (Fsp3) is 0.500. The molecule has 0 aliphatic carbocycles. The summed E-state index contributed by atoms with van der Waals surface area (Å²) >= 11 is 0. The van der Waals surface area contributed by atoms with E-state index in [1.807, 2.05) is 20.8 Å². The second kappa shape index (κ2) is 7.09. The van der Waals surface area contributed by atoms with Gasteiger partial charge in [-0.3, -0.25) is 0 Å². The molecule has 0 fully saturated rings. The van der Waals surface area contributed by atoms with Crippen LogP contribution in [0.15, 0.2) is 23.1 Å². The number of carbonyl (C=O) groups excluding carboxylic acids is 1. The van der Waals surface area contributed by atoms with Crippen LogP contribution in [0, 0.1) is 0 Å². The van der Waals surface area contributed by atoms with Crippen molar-refractivity contribution in [2.24, 2.45) is 0 Å². The van der Waals surface area contributed by atoms with Crippen LogP contribution in [0.1, 0.15) is 49.5 Å². The summed E-state index contributed by atoms with van der Waals surface area (Å²) in [5.41, 5.74) is 1.000. The standard InChI is InChI=1S/C14H19ClO4S/c1-4-6-10(3)19-14(16)13-9-12(20(15,17)18)8-7-11(13)5-2/h7-10H,4-6H2,1-3H3. The van der Waals surface area contributed by atoms with Crippen molar-refractivity contribution in [3.05, 3.63) is 29.3 Å². The average molecular weight is 319 g/mol. The zero-order valence-electron chi connectivity index (χ0n) is 11.8. The Hall–Kier alpha value is -1.07. The maximum absolute atomic E-state index is 12.1. The van der Waals surface area contributed by atoms with E-state index in [0.29, 0.717) is 6.42 Å². The Morgan fingerprint density at radius 3 is 2.50 bits per heavy atom. The number of aryl methyl sites for hydroxylation is 1. The molecule has 0 bridgehead atoms. The van der Waals surface area contributed by atoms with Gasteiger partial charge in [0.1, 0.15) is 0 Å². The van der Waals surface area contributed by atoms with E-state index in [0.717, 1.165) is 18.4 Å². The lowest BCUT2D eigenvalue weighted by Crippen LogP contribution is -2.16. The zero-order chi connectivity index (χ0) is 15.3. The zero-order valence-corrected chi connectivity index (χ0v) is 13.4. The summed E-state index contributed by atoms with van der Waals surface area (Å²) in [7, 11) is 1.45. The summed E-state index contributed by atoms with van der Waals surface area (Å²) in [4.78, 5) is 12.0. The summed E-state index contributed by atoms with van der Waals surface area (Å²) in [6, 6.07) is 4.27. The van der Waals surface area contributed by atoms with Gasteiger partial charge in [-0.1, -0.05) is 26.3 Å². The second-order valence-corrected chi connectivity index (χ2v) is 7.18. The summed E-state index contributed by atoms with van der Waals surface area (Å²) < 4.78 is 28.0. The minimum Gasteiger partial charge on any atom is -0.459 e. The smallest absolute Gasteiger partial charge is 0.338 e. The van der Waals surface area contributed by atoms with E-state index >= 15 is 0 Å². The number of esters is 1. The van der Waals surface area contributed by atoms with Gasteiger partial charge >= 0.3 is 5.97 Å². The summed E-state index contributed by atoms with van der Waals surface area (Å²) in [6.45, 7) is 5.70. The van der Waals surface area contributed by atoms with E-state index in [-0.39, 0.29) is 16.6 Å². The molecule has 1 atom stereocenters. The Balaban J connectivity index is 3.11. The van der Waals surface area contributed by atoms with Crippen molar-refractivity contribution in [2.75, 3.05) is 0 Å². The Morgan fingerprint density at radius 1 is 1.35 bits per heavy atom. The SMILES string of the molecule is CCCC(C)OC(=O)c1cc(S(=O)(=O)Cl)ccc1CC. The van der Waals surface area contributed by atoms with Crippen LogP contribution >= 0.6 is 10.7 Å². The third kappa shape index (κ3) is 4.49. The third-order valence-electron chi connectivity index (χ3n) is 2.97. The summed E-state index contributed by atoms with van der Waals surface area (Å²) in [5, 5.41) is 0. The highest BCUT2D eigenvalue weighted by Gasteiger charge is 2.19. The van der Waals surface area contributed by atoms with Crippen LogP contribution in [0.25, 0.3) is 0 Å². The highest BCUT2D eigenvalue weighted by Crippen LogP contribution is 2.21. The highest BCUT2D eigenvalue weighted by atomic mass is 35.7. The molecule has 112 valence electrons. The first kappa shape index (κ1) is 17.0. The number of rotatable bonds is 6. The second-order valence-electron chi connectivity index (χ2n) is 4.61. The predicted molar refractivity (Wildman–Crippen MR) is 78.6 cm³/mol. The Morgan fingerprint density at radius 2 is 2.00 bits per heavy atom. The van der Waals surface area contributed by atoms with E-state index in [1.54, 1.807) is 6.07 Å². The minimum atomic E-state index is -3.86. The van der Waals surface area contributed by atoms with E-state index in [4.69, 9.17) is 15.4 Å². The molecule has 0 saturated carbocycles. The minimum absolute atomic E-state index is 0.0912. The molecule has 0 N–H and O–H groups in total. The fourth-order valence-electron chi connectivity index (χ4n) is 1.92. The van der Waals surface area contributed by atoms with Crippen LogP contribution in [0.3, 0.4) is 0 Å². The first-order valence-electron chi connectivity index (χ1n) is 6.58. The Bertz CT molecular complexity index is 581. The molecule has 0 spiro atoms. The van der Waals surface area contributed by atoms with Crippen LogP contribution in [0.4, 0.5) is 0 Å². The van der Waals surface area contributed by atoms with Crippen molar-refractivity contribution >= 4 is 25.7 Å². The maximum atomic E-state index is 12.1. The van der Waals surface area contributed by atoms with Gasteiger partial charge in [0, 0.05) is 10.7 Å². The van der Waals surface area contributed by atoms with Gasteiger partial charge in [0.2, 0.25) is 0 Å². The van der Waals surface area contributed by atoms with Crippen LogP contribution < -0.4 is 0 Å². The van der Waals surface area contributed by atoms with Crippen LogP contribution in [0.5, 0.6) is 0 Å². The first-order chi connectivity index (χ1) is 9.29. The molecule has 0 aliphatic heterocycles. The van der Waals surface area contributed by atoms with E-state index in [9.17, 15) is 13.2 Å². The number of benzene rings is 1. The van der Waals surface area contributed by atoms with Gasteiger partial charge in [-0.25, -0.2) is 13.2 Å². The molecule has 1 aromatic rings. The predicted octanol–water partition coefficient (Wildman–Crippen LogP) is 3.52. The first-order valence-corrected chi connectivity index (χ1v) is 8.89. The van der Waals surface area contributed by atoms with Crippen LogP contribution in [-0.4, -0.2) is 20.5 Å². The fourth-order valence-corrected chi connectivity index (χ4v) is 2.69. The van der Waals surface area contributed by atoms with Crippen molar-refractivity contribution in [3.8, 4) is 0 Å². The number of hydrogen-bond donors (Lipinski definition) is 0. The van der Waals surface area contributed by atoms with Crippen molar-refractivity contribution < 1.29 is 17.9 Å². The normalized spacial score (nSPS) is 13.0. The number of carbonyl (C=O) groups is 1. The quantitative estimate of drug-likeness (QED) is 0.594. The van der Waals surface area contributed by atoms with Gasteiger partial charge in [-0.05, 0) is 37.5 Å². The molecule has 1 aromatic carbocycles. The third-order valence-corrected chi connectivity index (χ3v) is 4.32. The van der Waals surface area contributed by atoms with Crippen molar-refractivity contribution in [2.45, 2.75) is 51.0 Å². The van der Waals surface area contributed by atoms with E-state index in [1.165, 1.54) is 12.1 Å². The maximum Gasteiger partial charge on any atom is 0.338 e. The lowest BCUT2D eigenvalue weighted by atomic mass is 10.1. The topological polar surface area (TPSA) is 60.4 Å². The van der Waals surface area contributed by atoms with Gasteiger partial charge < -0.3 is 4.74 Å². The van der Waals surface area contributed by atoms with Crippen molar-refractivity contribution in [1.82, 2.24) is 0 Å². The van der Waals surface area contributed by atoms with Gasteiger partial charge in [0.25, 0.3) is 9.05 Å². The molecular formula is C14H19ClO4S. The molecule has 0 aliphatic rings. The van der Waals surface area contributed by atoms with Gasteiger partial charge in [-0.2, -0.15) is 0 Å². The van der Waals surface area contributed by atoms with E-state index < -0.39 is 15.0 Å².